The van der Waals surface area contributed by atoms with Crippen molar-refractivity contribution in [1.82, 2.24) is 4.98 Å². The predicted octanol–water partition coefficient (Wildman–Crippen LogP) is 2.63. The van der Waals surface area contributed by atoms with Gasteiger partial charge in [-0.3, -0.25) is 4.79 Å². The van der Waals surface area contributed by atoms with Crippen molar-refractivity contribution in [3.05, 3.63) is 35.0 Å². The Morgan fingerprint density at radius 2 is 2.12 bits per heavy atom. The zero-order valence-corrected chi connectivity index (χ0v) is 10.5. The van der Waals surface area contributed by atoms with Gasteiger partial charge in [0.15, 0.2) is 0 Å². The summed E-state index contributed by atoms with van der Waals surface area (Å²) in [5.74, 6) is 0.194. The molecule has 0 unspecified atom stereocenters. The first-order valence-corrected chi connectivity index (χ1v) is 5.88. The molecule has 1 aromatic carbocycles. The van der Waals surface area contributed by atoms with Crippen molar-refractivity contribution in [3.8, 4) is 0 Å². The predicted molar refractivity (Wildman–Crippen MR) is 70.0 cm³/mol. The maximum absolute atomic E-state index is 11.1. The summed E-state index contributed by atoms with van der Waals surface area (Å²) in [6, 6.07) is 6.35. The lowest BCUT2D eigenvalue weighted by atomic mass is 9.99. The van der Waals surface area contributed by atoms with Crippen LogP contribution in [0.4, 0.5) is 0 Å². The number of benzene rings is 1. The fraction of sp³-hybridized carbons (Fsp3) is 0.357. The summed E-state index contributed by atoms with van der Waals surface area (Å²) in [7, 11) is 0. The van der Waals surface area contributed by atoms with Crippen molar-refractivity contribution in [2.24, 2.45) is 5.73 Å². The number of amides is 1. The molecule has 1 amide bonds. The second-order valence-electron chi connectivity index (χ2n) is 4.83. The van der Waals surface area contributed by atoms with Gasteiger partial charge in [0.25, 0.3) is 0 Å². The van der Waals surface area contributed by atoms with Gasteiger partial charge < -0.3 is 10.7 Å². The van der Waals surface area contributed by atoms with E-state index in [1.54, 1.807) is 0 Å². The summed E-state index contributed by atoms with van der Waals surface area (Å²) in [5, 5.41) is 1.12. The second kappa shape index (κ2) is 4.24. The van der Waals surface area contributed by atoms with Crippen molar-refractivity contribution >= 4 is 16.8 Å². The number of H-pyrrole nitrogens is 1. The van der Waals surface area contributed by atoms with Gasteiger partial charge in [-0.15, -0.1) is 0 Å². The van der Waals surface area contributed by atoms with Gasteiger partial charge in [0.1, 0.15) is 0 Å². The first-order chi connectivity index (χ1) is 7.99. The van der Waals surface area contributed by atoms with Gasteiger partial charge in [0, 0.05) is 16.6 Å². The fourth-order valence-electron chi connectivity index (χ4n) is 2.16. The smallest absolute Gasteiger partial charge is 0.221 e. The third-order valence-electron chi connectivity index (χ3n) is 3.16. The van der Waals surface area contributed by atoms with Crippen molar-refractivity contribution < 1.29 is 4.79 Å². The topological polar surface area (TPSA) is 58.9 Å². The number of carbonyl (C=O) groups is 1. The first-order valence-electron chi connectivity index (χ1n) is 5.88. The van der Waals surface area contributed by atoms with Crippen LogP contribution in [-0.4, -0.2) is 10.9 Å². The van der Waals surface area contributed by atoms with Crippen molar-refractivity contribution in [2.45, 2.75) is 33.1 Å². The number of aromatic amines is 1. The minimum atomic E-state index is -0.288. The largest absolute Gasteiger partial charge is 0.369 e. The number of primary amides is 1. The van der Waals surface area contributed by atoms with Crippen molar-refractivity contribution in [2.75, 3.05) is 0 Å². The molecule has 3 nitrogen and oxygen atoms in total. The number of nitrogens with two attached hydrogens (primary N) is 1. The number of rotatable bonds is 3. The molecule has 0 spiro atoms. The summed E-state index contributed by atoms with van der Waals surface area (Å²) in [6.45, 7) is 6.30. The van der Waals surface area contributed by atoms with Crippen molar-refractivity contribution in [1.29, 1.82) is 0 Å². The molecule has 0 aliphatic rings. The standard InChI is InChI=1S/C14H18N2O/c1-8(2)10-4-5-13-12(6-10)11(7-14(15)17)9(3)16-13/h4-6,8,16H,7H2,1-3H3,(H2,15,17). The maximum atomic E-state index is 11.1. The van der Waals surface area contributed by atoms with Crippen LogP contribution in [0.2, 0.25) is 0 Å². The average Bonchev–Trinajstić information content (AvgIpc) is 2.54. The molecule has 1 heterocycles. The molecule has 3 heteroatoms. The highest BCUT2D eigenvalue weighted by Crippen LogP contribution is 2.26. The molecule has 0 saturated heterocycles. The third kappa shape index (κ3) is 2.18. The lowest BCUT2D eigenvalue weighted by Gasteiger charge is -2.05. The van der Waals surface area contributed by atoms with E-state index < -0.39 is 0 Å². The third-order valence-corrected chi connectivity index (χ3v) is 3.16. The van der Waals surface area contributed by atoms with E-state index in [2.05, 4.69) is 37.0 Å². The zero-order chi connectivity index (χ0) is 12.6. The van der Waals surface area contributed by atoms with Crippen LogP contribution in [0, 0.1) is 6.92 Å². The van der Waals surface area contributed by atoms with Crippen molar-refractivity contribution in [3.63, 3.8) is 0 Å². The fourth-order valence-corrected chi connectivity index (χ4v) is 2.16. The Balaban J connectivity index is 2.60. The molecule has 2 rings (SSSR count). The summed E-state index contributed by atoms with van der Waals surface area (Å²) < 4.78 is 0. The number of aryl methyl sites for hydroxylation is 1. The normalized spacial score (nSPS) is 11.3. The molecule has 0 radical (unpaired) electrons. The summed E-state index contributed by atoms with van der Waals surface area (Å²) >= 11 is 0. The average molecular weight is 230 g/mol. The van der Waals surface area contributed by atoms with Gasteiger partial charge in [-0.2, -0.15) is 0 Å². The van der Waals surface area contributed by atoms with E-state index in [0.29, 0.717) is 12.3 Å². The number of fused-ring (bicyclic) bond motifs is 1. The molecule has 1 aromatic heterocycles. The Bertz CT molecular complexity index is 567. The molecule has 0 saturated carbocycles. The van der Waals surface area contributed by atoms with E-state index in [0.717, 1.165) is 22.2 Å². The Hall–Kier alpha value is -1.77. The number of carbonyl (C=O) groups excluding carboxylic acids is 1. The molecule has 0 bridgehead atoms. The Kier molecular flexibility index (Phi) is 2.92. The summed E-state index contributed by atoms with van der Waals surface area (Å²) in [4.78, 5) is 14.4. The molecule has 3 N–H and O–H groups in total. The van der Waals surface area contributed by atoms with Crippen LogP contribution in [0.5, 0.6) is 0 Å². The highest BCUT2D eigenvalue weighted by molar-refractivity contribution is 5.90. The molecule has 17 heavy (non-hydrogen) atoms. The van der Waals surface area contributed by atoms with E-state index >= 15 is 0 Å². The van der Waals surface area contributed by atoms with E-state index in [1.807, 2.05) is 6.92 Å². The van der Waals surface area contributed by atoms with Crippen LogP contribution in [-0.2, 0) is 11.2 Å². The minimum Gasteiger partial charge on any atom is -0.369 e. The minimum absolute atomic E-state index is 0.288. The summed E-state index contributed by atoms with van der Waals surface area (Å²) in [6.07, 6.45) is 0.299. The van der Waals surface area contributed by atoms with Crippen LogP contribution in [0.3, 0.4) is 0 Å². The Morgan fingerprint density at radius 1 is 1.41 bits per heavy atom. The lowest BCUT2D eigenvalue weighted by molar-refractivity contribution is -0.117. The van der Waals surface area contributed by atoms with Gasteiger partial charge >= 0.3 is 0 Å². The molecule has 0 fully saturated rings. The number of aromatic nitrogens is 1. The molecular weight excluding hydrogens is 212 g/mol. The second-order valence-corrected chi connectivity index (χ2v) is 4.83. The van der Waals surface area contributed by atoms with Gasteiger partial charge in [-0.1, -0.05) is 19.9 Å². The molecule has 2 aromatic rings. The van der Waals surface area contributed by atoms with Gasteiger partial charge in [-0.25, -0.2) is 0 Å². The number of hydrogen-bond donors (Lipinski definition) is 2. The van der Waals surface area contributed by atoms with Crippen LogP contribution < -0.4 is 5.73 Å². The monoisotopic (exact) mass is 230 g/mol. The highest BCUT2D eigenvalue weighted by atomic mass is 16.1. The van der Waals surface area contributed by atoms with Crippen LogP contribution in [0.15, 0.2) is 18.2 Å². The first kappa shape index (κ1) is 11.7. The highest BCUT2D eigenvalue weighted by Gasteiger charge is 2.11. The maximum Gasteiger partial charge on any atom is 0.221 e. The molecule has 0 aliphatic carbocycles. The van der Waals surface area contributed by atoms with E-state index in [-0.39, 0.29) is 5.91 Å². The molecule has 0 aliphatic heterocycles. The zero-order valence-electron chi connectivity index (χ0n) is 10.5. The van der Waals surface area contributed by atoms with Crippen LogP contribution in [0.25, 0.3) is 10.9 Å². The summed E-state index contributed by atoms with van der Waals surface area (Å²) in [5.41, 5.74) is 9.69. The molecule has 90 valence electrons. The van der Waals surface area contributed by atoms with E-state index in [1.165, 1.54) is 5.56 Å². The van der Waals surface area contributed by atoms with Gasteiger partial charge in [0.2, 0.25) is 5.91 Å². The quantitative estimate of drug-likeness (QED) is 0.836. The van der Waals surface area contributed by atoms with E-state index in [9.17, 15) is 4.79 Å². The van der Waals surface area contributed by atoms with Gasteiger partial charge in [-0.05, 0) is 36.1 Å². The van der Waals surface area contributed by atoms with E-state index in [4.69, 9.17) is 5.73 Å². The van der Waals surface area contributed by atoms with Crippen LogP contribution in [0.1, 0.15) is 36.6 Å². The van der Waals surface area contributed by atoms with Gasteiger partial charge in [0.05, 0.1) is 6.42 Å². The SMILES string of the molecule is Cc1[nH]c2ccc(C(C)C)cc2c1CC(N)=O. The molecular formula is C14H18N2O. The van der Waals surface area contributed by atoms with Crippen LogP contribution >= 0.6 is 0 Å². The number of hydrogen-bond acceptors (Lipinski definition) is 1. The molecule has 0 atom stereocenters. The Labute approximate surface area is 101 Å². The number of nitrogens with one attached hydrogen (secondary N) is 1. The lowest BCUT2D eigenvalue weighted by Crippen LogP contribution is -2.14. The Morgan fingerprint density at radius 3 is 2.71 bits per heavy atom.